The van der Waals surface area contributed by atoms with Crippen LogP contribution in [0, 0.1) is 0 Å². The van der Waals surface area contributed by atoms with Crippen molar-refractivity contribution in [2.45, 2.75) is 39.2 Å². The summed E-state index contributed by atoms with van der Waals surface area (Å²) >= 11 is 0. The van der Waals surface area contributed by atoms with Gasteiger partial charge in [-0.1, -0.05) is 13.8 Å². The van der Waals surface area contributed by atoms with E-state index in [-0.39, 0.29) is 29.5 Å². The molecule has 200 valence electrons. The highest BCUT2D eigenvalue weighted by molar-refractivity contribution is 6.00. The van der Waals surface area contributed by atoms with Crippen molar-refractivity contribution >= 4 is 41.0 Å². The van der Waals surface area contributed by atoms with Gasteiger partial charge in [-0.15, -0.1) is 0 Å². The van der Waals surface area contributed by atoms with E-state index in [0.717, 1.165) is 0 Å². The number of ether oxygens (including phenoxy) is 4. The minimum Gasteiger partial charge on any atom is -0.493 e. The Labute approximate surface area is 219 Å². The van der Waals surface area contributed by atoms with Crippen molar-refractivity contribution in [2.24, 2.45) is 0 Å². The highest BCUT2D eigenvalue weighted by Crippen LogP contribution is 2.42. The summed E-state index contributed by atoms with van der Waals surface area (Å²) in [4.78, 5) is 43.8. The highest BCUT2D eigenvalue weighted by atomic mass is 16.5. The molecule has 0 atom stereocenters. The lowest BCUT2D eigenvalue weighted by Crippen LogP contribution is -2.50. The van der Waals surface area contributed by atoms with Gasteiger partial charge in [-0.25, -0.2) is 19.9 Å². The zero-order valence-corrected chi connectivity index (χ0v) is 22.0. The van der Waals surface area contributed by atoms with E-state index < -0.39 is 5.60 Å². The van der Waals surface area contributed by atoms with Crippen molar-refractivity contribution in [3.63, 3.8) is 0 Å². The molecule has 3 aromatic rings. The normalized spacial score (nSPS) is 13.5. The van der Waals surface area contributed by atoms with Gasteiger partial charge in [0, 0.05) is 19.1 Å². The number of fused-ring (bicyclic) bond motifs is 1. The molecule has 0 radical (unpaired) electrons. The lowest BCUT2D eigenvalue weighted by molar-refractivity contribution is -0.133. The van der Waals surface area contributed by atoms with Crippen LogP contribution in [0.25, 0.3) is 0 Å². The van der Waals surface area contributed by atoms with Crippen LogP contribution in [0.5, 0.6) is 23.0 Å². The molecule has 1 aliphatic heterocycles. The summed E-state index contributed by atoms with van der Waals surface area (Å²) in [6, 6.07) is 6.61. The molecule has 1 aromatic carbocycles. The Hall–Kier alpha value is -4.68. The largest absolute Gasteiger partial charge is 0.493 e. The number of carbonyl (C=O) groups excluding carboxylic acids is 2. The predicted molar refractivity (Wildman–Crippen MR) is 139 cm³/mol. The van der Waals surface area contributed by atoms with E-state index in [1.165, 1.54) is 39.5 Å². The van der Waals surface area contributed by atoms with Gasteiger partial charge in [-0.05, 0) is 25.0 Å². The van der Waals surface area contributed by atoms with Crippen LogP contribution in [0.1, 0.15) is 33.6 Å². The van der Waals surface area contributed by atoms with Gasteiger partial charge in [-0.2, -0.15) is 4.98 Å². The topological polar surface area (TPSA) is 150 Å². The van der Waals surface area contributed by atoms with E-state index in [1.54, 1.807) is 24.3 Å². The van der Waals surface area contributed by atoms with Crippen LogP contribution in [0.15, 0.2) is 30.6 Å². The molecule has 3 heterocycles. The van der Waals surface area contributed by atoms with E-state index in [9.17, 15) is 9.59 Å². The third-order valence-corrected chi connectivity index (χ3v) is 6.17. The maximum atomic E-state index is 12.7. The minimum absolute atomic E-state index is 0.0505. The zero-order valence-electron chi connectivity index (χ0n) is 22.0. The molecule has 0 saturated heterocycles. The number of amides is 2. The van der Waals surface area contributed by atoms with Crippen LogP contribution >= 0.6 is 0 Å². The maximum absolute atomic E-state index is 12.7. The number of rotatable bonds is 9. The molecule has 0 fully saturated rings. The fraction of sp³-hybridized carbons (Fsp3) is 0.360. The molecule has 38 heavy (non-hydrogen) atoms. The van der Waals surface area contributed by atoms with Gasteiger partial charge in [0.2, 0.25) is 23.6 Å². The Kier molecular flexibility index (Phi) is 7.46. The SMILES string of the molecule is CCC1(CC)Oc2ccc(Nc3ncnc(N(C(C)=O)c4cc(OC)c(OC)c(OC)c4)n3)nc2NC1=O. The Bertz CT molecular complexity index is 1340. The van der Waals surface area contributed by atoms with Crippen LogP contribution in [-0.4, -0.2) is 58.7 Å². The van der Waals surface area contributed by atoms with E-state index in [0.29, 0.717) is 47.3 Å². The molecule has 1 aliphatic rings. The number of anilines is 5. The summed E-state index contributed by atoms with van der Waals surface area (Å²) < 4.78 is 22.2. The predicted octanol–water partition coefficient (Wildman–Crippen LogP) is 3.61. The number of nitrogens with zero attached hydrogens (tertiary/aromatic N) is 5. The average molecular weight is 524 g/mol. The summed E-state index contributed by atoms with van der Waals surface area (Å²) in [5, 5.41) is 5.80. The second-order valence-electron chi connectivity index (χ2n) is 8.27. The average Bonchev–Trinajstić information content (AvgIpc) is 2.92. The second kappa shape index (κ2) is 10.7. The van der Waals surface area contributed by atoms with E-state index in [4.69, 9.17) is 18.9 Å². The van der Waals surface area contributed by atoms with Crippen LogP contribution in [0.2, 0.25) is 0 Å². The fourth-order valence-corrected chi connectivity index (χ4v) is 4.09. The molecule has 2 amide bonds. The van der Waals surface area contributed by atoms with Gasteiger partial charge >= 0.3 is 0 Å². The van der Waals surface area contributed by atoms with Crippen LogP contribution < -0.4 is 34.5 Å². The monoisotopic (exact) mass is 523 g/mol. The molecular formula is C25H29N7O6. The number of aromatic nitrogens is 4. The zero-order chi connectivity index (χ0) is 27.4. The van der Waals surface area contributed by atoms with Gasteiger partial charge in [-0.3, -0.25) is 9.59 Å². The third-order valence-electron chi connectivity index (χ3n) is 6.17. The number of pyridine rings is 1. The number of methoxy groups -OCH3 is 3. The summed E-state index contributed by atoms with van der Waals surface area (Å²) in [7, 11) is 4.45. The molecule has 0 saturated carbocycles. The molecule has 4 rings (SSSR count). The van der Waals surface area contributed by atoms with E-state index >= 15 is 0 Å². The molecule has 0 spiro atoms. The Morgan fingerprint density at radius 3 is 2.32 bits per heavy atom. The Morgan fingerprint density at radius 1 is 1.05 bits per heavy atom. The lowest BCUT2D eigenvalue weighted by atomic mass is 9.94. The van der Waals surface area contributed by atoms with Gasteiger partial charge < -0.3 is 29.6 Å². The van der Waals surface area contributed by atoms with Gasteiger partial charge in [0.15, 0.2) is 28.7 Å². The van der Waals surface area contributed by atoms with Crippen LogP contribution in [0.3, 0.4) is 0 Å². The van der Waals surface area contributed by atoms with Crippen molar-refractivity contribution in [1.29, 1.82) is 0 Å². The van der Waals surface area contributed by atoms with Crippen molar-refractivity contribution in [3.8, 4) is 23.0 Å². The summed E-state index contributed by atoms with van der Waals surface area (Å²) in [6.07, 6.45) is 2.32. The molecule has 2 aromatic heterocycles. The summed E-state index contributed by atoms with van der Waals surface area (Å²) in [5.74, 6) is 1.78. The summed E-state index contributed by atoms with van der Waals surface area (Å²) in [5.41, 5.74) is -0.526. The number of carbonyl (C=O) groups is 2. The van der Waals surface area contributed by atoms with Crippen molar-refractivity contribution in [1.82, 2.24) is 19.9 Å². The van der Waals surface area contributed by atoms with Gasteiger partial charge in [0.05, 0.1) is 27.0 Å². The molecule has 0 bridgehead atoms. The first-order valence-corrected chi connectivity index (χ1v) is 11.9. The number of nitrogens with one attached hydrogen (secondary N) is 2. The molecule has 0 aliphatic carbocycles. The van der Waals surface area contributed by atoms with Crippen molar-refractivity contribution in [3.05, 3.63) is 30.6 Å². The smallest absolute Gasteiger partial charge is 0.269 e. The highest BCUT2D eigenvalue weighted by Gasteiger charge is 2.42. The number of hydrogen-bond acceptors (Lipinski definition) is 11. The fourth-order valence-electron chi connectivity index (χ4n) is 4.09. The molecule has 13 heteroatoms. The van der Waals surface area contributed by atoms with Gasteiger partial charge in [0.25, 0.3) is 5.91 Å². The van der Waals surface area contributed by atoms with Crippen molar-refractivity contribution in [2.75, 3.05) is 36.9 Å². The maximum Gasteiger partial charge on any atom is 0.269 e. The first-order valence-electron chi connectivity index (χ1n) is 11.9. The third kappa shape index (κ3) is 4.82. The van der Waals surface area contributed by atoms with Crippen molar-refractivity contribution < 1.29 is 28.5 Å². The first-order chi connectivity index (χ1) is 18.3. The van der Waals surface area contributed by atoms with Crippen LogP contribution in [-0.2, 0) is 9.59 Å². The standard InChI is InChI=1S/C25H29N7O6/c1-7-25(8-2)22(34)30-21-16(38-25)9-10-19(28-21)29-23-26-13-27-24(31-23)32(14(3)33)15-11-17(35-4)20(37-6)18(12-15)36-5/h9-13H,7-8H2,1-6H3,(H2,26,27,28,29,30,31,34). The summed E-state index contributed by atoms with van der Waals surface area (Å²) in [6.45, 7) is 5.18. The number of benzene rings is 1. The number of hydrogen-bond donors (Lipinski definition) is 2. The Morgan fingerprint density at radius 2 is 1.74 bits per heavy atom. The quantitative estimate of drug-likeness (QED) is 0.423. The minimum atomic E-state index is -0.921. The molecule has 2 N–H and O–H groups in total. The Balaban J connectivity index is 1.64. The van der Waals surface area contributed by atoms with Crippen LogP contribution in [0.4, 0.5) is 29.2 Å². The lowest BCUT2D eigenvalue weighted by Gasteiger charge is -2.35. The van der Waals surface area contributed by atoms with Gasteiger partial charge in [0.1, 0.15) is 12.1 Å². The molecular weight excluding hydrogens is 494 g/mol. The molecule has 13 nitrogen and oxygen atoms in total. The van der Waals surface area contributed by atoms with E-state index in [1.807, 2.05) is 13.8 Å². The molecule has 0 unspecified atom stereocenters. The second-order valence-corrected chi connectivity index (χ2v) is 8.27. The first kappa shape index (κ1) is 26.4. The van der Waals surface area contributed by atoms with E-state index in [2.05, 4.69) is 30.6 Å².